The molecule has 0 N–H and O–H groups in total. The summed E-state index contributed by atoms with van der Waals surface area (Å²) < 4.78 is 62.0. The maximum absolute atomic E-state index is 14.4. The monoisotopic (exact) mass is 432 g/mol. The van der Waals surface area contributed by atoms with Gasteiger partial charge >= 0.3 is 11.9 Å². The van der Waals surface area contributed by atoms with Crippen molar-refractivity contribution in [3.63, 3.8) is 0 Å². The Balaban J connectivity index is 2.14. The molecule has 0 amide bonds. The smallest absolute Gasteiger partial charge is 0.335 e. The van der Waals surface area contributed by atoms with Crippen molar-refractivity contribution in [3.8, 4) is 22.6 Å². The second-order valence-corrected chi connectivity index (χ2v) is 5.44. The number of carbonyl (C=O) groups is 2. The minimum atomic E-state index is -1.37. The van der Waals surface area contributed by atoms with Gasteiger partial charge in [-0.3, -0.25) is 0 Å². The fourth-order valence-corrected chi connectivity index (χ4v) is 2.11. The van der Waals surface area contributed by atoms with Crippen LogP contribution >= 0.6 is 0 Å². The van der Waals surface area contributed by atoms with Crippen LogP contribution in [0.1, 0.15) is 0 Å². The summed E-state index contributed by atoms with van der Waals surface area (Å²) in [5.74, 6) is -5.57. The molecule has 0 aliphatic rings. The molecule has 0 aliphatic carbocycles. The summed E-state index contributed by atoms with van der Waals surface area (Å²) in [6, 6.07) is 5.62. The van der Waals surface area contributed by atoms with Gasteiger partial charge in [0.25, 0.3) is 0 Å². The fraction of sp³-hybridized carbons (Fsp3) is 0. The lowest BCUT2D eigenvalue weighted by molar-refractivity contribution is -0.133. The predicted octanol–water partition coefficient (Wildman–Crippen LogP) is 4.93. The zero-order valence-corrected chi connectivity index (χ0v) is 15.8. The Morgan fingerprint density at radius 1 is 0.742 bits per heavy atom. The zero-order chi connectivity index (χ0) is 22.8. The van der Waals surface area contributed by atoms with Crippen molar-refractivity contribution in [1.82, 2.24) is 0 Å². The third kappa shape index (κ3) is 6.36. The van der Waals surface area contributed by atoms with Gasteiger partial charge in [-0.25, -0.2) is 18.4 Å². The summed E-state index contributed by atoms with van der Waals surface area (Å²) in [5, 5.41) is 0. The predicted molar refractivity (Wildman–Crippen MR) is 104 cm³/mol. The van der Waals surface area contributed by atoms with E-state index in [1.165, 1.54) is 12.1 Å². The van der Waals surface area contributed by atoms with Gasteiger partial charge in [0.15, 0.2) is 11.6 Å². The SMILES string of the molecule is C=CC(=O)OC=COc1ccc(-c2ccc(OC=COC(=O)C=C)c(F)c2F)c(F)c1. The summed E-state index contributed by atoms with van der Waals surface area (Å²) in [5.41, 5.74) is -0.584. The molecule has 0 saturated carbocycles. The summed E-state index contributed by atoms with van der Waals surface area (Å²) in [4.78, 5) is 21.7. The van der Waals surface area contributed by atoms with Gasteiger partial charge in [0.2, 0.25) is 5.82 Å². The van der Waals surface area contributed by atoms with Gasteiger partial charge in [-0.05, 0) is 24.3 Å². The Bertz CT molecular complexity index is 1060. The molecule has 0 atom stereocenters. The van der Waals surface area contributed by atoms with Gasteiger partial charge in [-0.15, -0.1) is 0 Å². The quantitative estimate of drug-likeness (QED) is 0.318. The molecule has 31 heavy (non-hydrogen) atoms. The van der Waals surface area contributed by atoms with Crippen LogP contribution in [-0.4, -0.2) is 11.9 Å². The molecule has 0 fully saturated rings. The van der Waals surface area contributed by atoms with Gasteiger partial charge < -0.3 is 18.9 Å². The number of carbonyl (C=O) groups excluding carboxylic acids is 2. The van der Waals surface area contributed by atoms with Crippen LogP contribution in [0.15, 0.2) is 80.7 Å². The van der Waals surface area contributed by atoms with E-state index < -0.39 is 35.1 Å². The Labute approximate surface area is 175 Å². The van der Waals surface area contributed by atoms with Crippen LogP contribution in [0.2, 0.25) is 0 Å². The van der Waals surface area contributed by atoms with Crippen LogP contribution in [0.25, 0.3) is 11.1 Å². The number of hydrogen-bond acceptors (Lipinski definition) is 6. The normalized spacial score (nSPS) is 10.7. The minimum Gasteiger partial charge on any atom is -0.462 e. The van der Waals surface area contributed by atoms with E-state index in [-0.39, 0.29) is 16.9 Å². The second kappa shape index (κ2) is 11.1. The van der Waals surface area contributed by atoms with Crippen LogP contribution in [0.5, 0.6) is 11.5 Å². The topological polar surface area (TPSA) is 71.1 Å². The molecule has 0 bridgehead atoms. The highest BCUT2D eigenvalue weighted by Gasteiger charge is 2.18. The van der Waals surface area contributed by atoms with E-state index in [1.807, 2.05) is 0 Å². The molecule has 0 saturated heterocycles. The summed E-state index contributed by atoms with van der Waals surface area (Å²) >= 11 is 0. The lowest BCUT2D eigenvalue weighted by atomic mass is 10.0. The average molecular weight is 432 g/mol. The third-order valence-electron chi connectivity index (χ3n) is 3.49. The molecule has 160 valence electrons. The Kier molecular flexibility index (Phi) is 8.21. The molecule has 9 heteroatoms. The molecule has 0 radical (unpaired) electrons. The maximum Gasteiger partial charge on any atom is 0.335 e. The number of ether oxygens (including phenoxy) is 4. The lowest BCUT2D eigenvalue weighted by Crippen LogP contribution is -1.97. The van der Waals surface area contributed by atoms with Crippen molar-refractivity contribution in [3.05, 3.63) is 98.1 Å². The fourth-order valence-electron chi connectivity index (χ4n) is 2.11. The first kappa shape index (κ1) is 23.0. The maximum atomic E-state index is 14.4. The van der Waals surface area contributed by atoms with Crippen molar-refractivity contribution in [1.29, 1.82) is 0 Å². The number of benzene rings is 2. The van der Waals surface area contributed by atoms with Crippen molar-refractivity contribution in [2.75, 3.05) is 0 Å². The van der Waals surface area contributed by atoms with Crippen molar-refractivity contribution < 1.29 is 41.7 Å². The third-order valence-corrected chi connectivity index (χ3v) is 3.49. The standard InChI is InChI=1S/C22H15F3O6/c1-3-19(26)30-11-9-28-14-5-6-15(17(23)13-14)16-7-8-18(22(25)21(16)24)29-10-12-31-20(27)4-2/h3-13H,1-2H2. The molecule has 0 aliphatic heterocycles. The van der Waals surface area contributed by atoms with Gasteiger partial charge in [0.05, 0.1) is 0 Å². The number of rotatable bonds is 9. The van der Waals surface area contributed by atoms with E-state index in [0.29, 0.717) is 0 Å². The van der Waals surface area contributed by atoms with E-state index in [1.54, 1.807) is 0 Å². The van der Waals surface area contributed by atoms with E-state index in [9.17, 15) is 22.8 Å². The first-order valence-electron chi connectivity index (χ1n) is 8.44. The van der Waals surface area contributed by atoms with Crippen molar-refractivity contribution in [2.24, 2.45) is 0 Å². The molecule has 0 spiro atoms. The Morgan fingerprint density at radius 2 is 1.32 bits per heavy atom. The van der Waals surface area contributed by atoms with Crippen LogP contribution in [-0.2, 0) is 19.1 Å². The van der Waals surface area contributed by atoms with Crippen LogP contribution in [0.3, 0.4) is 0 Å². The average Bonchev–Trinajstić information content (AvgIpc) is 2.77. The highest BCUT2D eigenvalue weighted by atomic mass is 19.2. The van der Waals surface area contributed by atoms with Crippen molar-refractivity contribution in [2.45, 2.75) is 0 Å². The van der Waals surface area contributed by atoms with Crippen LogP contribution < -0.4 is 9.47 Å². The number of halogens is 3. The molecule has 0 heterocycles. The summed E-state index contributed by atoms with van der Waals surface area (Å²) in [6.45, 7) is 6.39. The van der Waals surface area contributed by atoms with Gasteiger partial charge in [-0.2, -0.15) is 4.39 Å². The summed E-state index contributed by atoms with van der Waals surface area (Å²) in [6.07, 6.45) is 5.40. The zero-order valence-electron chi connectivity index (χ0n) is 15.8. The summed E-state index contributed by atoms with van der Waals surface area (Å²) in [7, 11) is 0. The molecular weight excluding hydrogens is 417 g/mol. The van der Waals surface area contributed by atoms with E-state index in [2.05, 4.69) is 22.6 Å². The Morgan fingerprint density at radius 3 is 1.90 bits per heavy atom. The molecule has 6 nitrogen and oxygen atoms in total. The highest BCUT2D eigenvalue weighted by Crippen LogP contribution is 2.33. The molecule has 0 aromatic heterocycles. The van der Waals surface area contributed by atoms with E-state index in [4.69, 9.17) is 9.47 Å². The van der Waals surface area contributed by atoms with Gasteiger partial charge in [0, 0.05) is 29.3 Å². The Hall–Kier alpha value is -4.27. The molecular formula is C22H15F3O6. The van der Waals surface area contributed by atoms with Gasteiger partial charge in [0.1, 0.15) is 36.6 Å². The van der Waals surface area contributed by atoms with Gasteiger partial charge in [-0.1, -0.05) is 13.2 Å². The van der Waals surface area contributed by atoms with Crippen molar-refractivity contribution >= 4 is 11.9 Å². The van der Waals surface area contributed by atoms with Crippen LogP contribution in [0.4, 0.5) is 13.2 Å². The highest BCUT2D eigenvalue weighted by molar-refractivity contribution is 5.82. The second-order valence-electron chi connectivity index (χ2n) is 5.44. The van der Waals surface area contributed by atoms with E-state index in [0.717, 1.165) is 55.4 Å². The molecule has 2 aromatic rings. The molecule has 2 rings (SSSR count). The van der Waals surface area contributed by atoms with Crippen LogP contribution in [0, 0.1) is 17.5 Å². The number of esters is 2. The molecule has 0 unspecified atom stereocenters. The molecule has 2 aromatic carbocycles. The first-order chi connectivity index (χ1) is 14.9. The largest absolute Gasteiger partial charge is 0.462 e. The number of hydrogen-bond donors (Lipinski definition) is 0. The first-order valence-corrected chi connectivity index (χ1v) is 8.44. The van der Waals surface area contributed by atoms with E-state index >= 15 is 0 Å². The lowest BCUT2D eigenvalue weighted by Gasteiger charge is -2.10. The minimum absolute atomic E-state index is 0.0206.